The van der Waals surface area contributed by atoms with Gasteiger partial charge < -0.3 is 10.3 Å². The monoisotopic (exact) mass is 256 g/mol. The number of alkyl halides is 3. The lowest BCUT2D eigenvalue weighted by Gasteiger charge is -2.22. The molecule has 0 spiro atoms. The average molecular weight is 256 g/mol. The molecule has 0 radical (unpaired) electrons. The van der Waals surface area contributed by atoms with E-state index in [1.54, 1.807) is 6.07 Å². The second kappa shape index (κ2) is 4.65. The number of para-hydroxylation sites is 1. The number of rotatable bonds is 3. The number of aryl methyl sites for hydroxylation is 1. The summed E-state index contributed by atoms with van der Waals surface area (Å²) >= 11 is 0. The molecule has 1 aromatic carbocycles. The number of fused-ring (bicyclic) bond motifs is 1. The van der Waals surface area contributed by atoms with Crippen LogP contribution in [0.4, 0.5) is 13.2 Å². The normalized spacial score (nSPS) is 14.1. The molecule has 0 fully saturated rings. The van der Waals surface area contributed by atoms with Gasteiger partial charge in [0, 0.05) is 12.7 Å². The summed E-state index contributed by atoms with van der Waals surface area (Å²) in [4.78, 5) is 0. The Morgan fingerprint density at radius 1 is 1.28 bits per heavy atom. The summed E-state index contributed by atoms with van der Waals surface area (Å²) in [5.74, 6) is 0. The van der Waals surface area contributed by atoms with Gasteiger partial charge in [0.25, 0.3) is 0 Å². The van der Waals surface area contributed by atoms with Crippen molar-refractivity contribution in [1.82, 2.24) is 4.57 Å². The molecule has 2 N–H and O–H groups in total. The molecule has 1 atom stereocenters. The van der Waals surface area contributed by atoms with E-state index in [4.69, 9.17) is 5.73 Å². The number of benzene rings is 1. The number of halogens is 3. The van der Waals surface area contributed by atoms with Crippen LogP contribution in [-0.2, 0) is 6.42 Å². The van der Waals surface area contributed by atoms with E-state index in [2.05, 4.69) is 0 Å². The number of nitrogens with two attached hydrogens (primary N) is 1. The van der Waals surface area contributed by atoms with Crippen molar-refractivity contribution >= 4 is 10.9 Å². The van der Waals surface area contributed by atoms with Gasteiger partial charge >= 0.3 is 6.18 Å². The van der Waals surface area contributed by atoms with Crippen LogP contribution in [0.25, 0.3) is 10.9 Å². The number of aromatic nitrogens is 1. The highest BCUT2D eigenvalue weighted by molar-refractivity contribution is 5.83. The van der Waals surface area contributed by atoms with Gasteiger partial charge in [-0.05, 0) is 23.4 Å². The maximum Gasteiger partial charge on any atom is 0.410 e. The minimum absolute atomic E-state index is 0.453. The molecule has 1 unspecified atom stereocenters. The maximum atomic E-state index is 12.9. The predicted molar refractivity (Wildman–Crippen MR) is 65.5 cm³/mol. The van der Waals surface area contributed by atoms with Crippen LogP contribution in [0.2, 0.25) is 0 Å². The highest BCUT2D eigenvalue weighted by Crippen LogP contribution is 2.33. The van der Waals surface area contributed by atoms with Gasteiger partial charge in [-0.3, -0.25) is 0 Å². The van der Waals surface area contributed by atoms with Gasteiger partial charge in [0.05, 0.1) is 5.52 Å². The predicted octanol–water partition coefficient (Wildman–Crippen LogP) is 3.27. The van der Waals surface area contributed by atoms with Gasteiger partial charge in [0.2, 0.25) is 0 Å². The highest BCUT2D eigenvalue weighted by Gasteiger charge is 2.40. The number of nitrogens with zero attached hydrogens (tertiary/aromatic N) is 1. The molecule has 0 aliphatic heterocycles. The minimum atomic E-state index is -4.33. The van der Waals surface area contributed by atoms with Gasteiger partial charge in [-0.15, -0.1) is 0 Å². The third kappa shape index (κ3) is 2.10. The van der Waals surface area contributed by atoms with Crippen molar-refractivity contribution in [3.05, 3.63) is 36.0 Å². The van der Waals surface area contributed by atoms with Crippen molar-refractivity contribution in [1.29, 1.82) is 0 Å². The molecule has 0 saturated carbocycles. The third-order valence-corrected chi connectivity index (χ3v) is 3.14. The smallest absolute Gasteiger partial charge is 0.334 e. The molecular formula is C13H15F3N2. The Morgan fingerprint density at radius 2 is 2.00 bits per heavy atom. The lowest BCUT2D eigenvalue weighted by atomic mass is 10.1. The van der Waals surface area contributed by atoms with E-state index < -0.39 is 18.8 Å². The van der Waals surface area contributed by atoms with E-state index >= 15 is 0 Å². The summed E-state index contributed by atoms with van der Waals surface area (Å²) in [6.45, 7) is 1.47. The maximum absolute atomic E-state index is 12.9. The molecule has 0 saturated heterocycles. The standard InChI is InChI=1S/C13H15F3N2/c1-2-9-4-3-5-10-6-7-18(12(9)10)11(8-17)13(14,15)16/h3-7,11H,2,8,17H2,1H3. The molecule has 0 bridgehead atoms. The summed E-state index contributed by atoms with van der Waals surface area (Å²) in [6.07, 6.45) is -2.17. The van der Waals surface area contributed by atoms with Crippen LogP contribution in [0.1, 0.15) is 18.5 Å². The van der Waals surface area contributed by atoms with E-state index in [9.17, 15) is 13.2 Å². The zero-order valence-electron chi connectivity index (χ0n) is 10.0. The van der Waals surface area contributed by atoms with Crippen molar-refractivity contribution in [2.75, 3.05) is 6.54 Å². The summed E-state index contributed by atoms with van der Waals surface area (Å²) in [6, 6.07) is 5.56. The number of hydrogen-bond acceptors (Lipinski definition) is 1. The molecule has 18 heavy (non-hydrogen) atoms. The first-order valence-electron chi connectivity index (χ1n) is 5.84. The molecule has 0 aliphatic carbocycles. The molecule has 98 valence electrons. The summed E-state index contributed by atoms with van der Waals surface area (Å²) < 4.78 is 40.1. The third-order valence-electron chi connectivity index (χ3n) is 3.14. The second-order valence-electron chi connectivity index (χ2n) is 4.22. The molecule has 0 amide bonds. The Kier molecular flexibility index (Phi) is 3.34. The first-order chi connectivity index (χ1) is 8.49. The topological polar surface area (TPSA) is 30.9 Å². The molecule has 5 heteroatoms. The first kappa shape index (κ1) is 13.0. The molecule has 2 nitrogen and oxygen atoms in total. The van der Waals surface area contributed by atoms with Crippen LogP contribution in [0, 0.1) is 0 Å². The summed E-state index contributed by atoms with van der Waals surface area (Å²) in [5, 5.41) is 0.817. The van der Waals surface area contributed by atoms with Crippen LogP contribution in [0.3, 0.4) is 0 Å². The Hall–Kier alpha value is -1.49. The van der Waals surface area contributed by atoms with E-state index in [0.29, 0.717) is 11.9 Å². The fraction of sp³-hybridized carbons (Fsp3) is 0.385. The van der Waals surface area contributed by atoms with E-state index in [1.807, 2.05) is 25.1 Å². The van der Waals surface area contributed by atoms with E-state index in [0.717, 1.165) is 10.9 Å². The summed E-state index contributed by atoms with van der Waals surface area (Å²) in [5.41, 5.74) is 6.83. The minimum Gasteiger partial charge on any atom is -0.334 e. The van der Waals surface area contributed by atoms with Crippen molar-refractivity contribution in [2.45, 2.75) is 25.6 Å². The van der Waals surface area contributed by atoms with E-state index in [1.165, 1.54) is 10.8 Å². The molecule has 2 rings (SSSR count). The molecule has 1 aromatic heterocycles. The molecule has 2 aromatic rings. The Labute approximate surface area is 103 Å². The van der Waals surface area contributed by atoms with Crippen molar-refractivity contribution in [3.63, 3.8) is 0 Å². The summed E-state index contributed by atoms with van der Waals surface area (Å²) in [7, 11) is 0. The zero-order valence-corrected chi connectivity index (χ0v) is 10.0. The SMILES string of the molecule is CCc1cccc2ccn(C(CN)C(F)(F)F)c12. The molecule has 0 aliphatic rings. The van der Waals surface area contributed by atoms with Crippen molar-refractivity contribution in [3.8, 4) is 0 Å². The van der Waals surface area contributed by atoms with Crippen LogP contribution in [0.15, 0.2) is 30.5 Å². The van der Waals surface area contributed by atoms with Gasteiger partial charge in [0.15, 0.2) is 0 Å². The zero-order chi connectivity index (χ0) is 13.3. The largest absolute Gasteiger partial charge is 0.410 e. The van der Waals surface area contributed by atoms with Crippen molar-refractivity contribution < 1.29 is 13.2 Å². The molecule has 1 heterocycles. The van der Waals surface area contributed by atoms with Gasteiger partial charge in [-0.25, -0.2) is 0 Å². The Morgan fingerprint density at radius 3 is 2.56 bits per heavy atom. The lowest BCUT2D eigenvalue weighted by molar-refractivity contribution is -0.164. The number of hydrogen-bond donors (Lipinski definition) is 1. The fourth-order valence-corrected chi connectivity index (χ4v) is 2.25. The van der Waals surface area contributed by atoms with Crippen LogP contribution in [0.5, 0.6) is 0 Å². The van der Waals surface area contributed by atoms with Crippen LogP contribution in [-0.4, -0.2) is 17.3 Å². The Balaban J connectivity index is 2.64. The average Bonchev–Trinajstić information content (AvgIpc) is 2.72. The van der Waals surface area contributed by atoms with E-state index in [-0.39, 0.29) is 0 Å². The lowest BCUT2D eigenvalue weighted by Crippen LogP contribution is -2.32. The quantitative estimate of drug-likeness (QED) is 0.897. The van der Waals surface area contributed by atoms with Crippen molar-refractivity contribution in [2.24, 2.45) is 5.73 Å². The molecular weight excluding hydrogens is 241 g/mol. The van der Waals surface area contributed by atoms with Crippen LogP contribution >= 0.6 is 0 Å². The highest BCUT2D eigenvalue weighted by atomic mass is 19.4. The van der Waals surface area contributed by atoms with Crippen LogP contribution < -0.4 is 5.73 Å². The van der Waals surface area contributed by atoms with Gasteiger partial charge in [-0.1, -0.05) is 25.1 Å². The fourth-order valence-electron chi connectivity index (χ4n) is 2.25. The second-order valence-corrected chi connectivity index (χ2v) is 4.22. The first-order valence-corrected chi connectivity index (χ1v) is 5.84. The van der Waals surface area contributed by atoms with Gasteiger partial charge in [-0.2, -0.15) is 13.2 Å². The Bertz CT molecular complexity index is 543. The van der Waals surface area contributed by atoms with Gasteiger partial charge in [0.1, 0.15) is 6.04 Å².